The quantitative estimate of drug-likeness (QED) is 0.437. The van der Waals surface area contributed by atoms with Crippen molar-refractivity contribution in [2.75, 3.05) is 12.4 Å². The molecule has 0 aliphatic carbocycles. The van der Waals surface area contributed by atoms with Crippen LogP contribution in [0, 0.1) is 41.5 Å². The molecule has 0 aromatic rings. The fourth-order valence-corrected chi connectivity index (χ4v) is 1.15. The van der Waals surface area contributed by atoms with E-state index < -0.39 is 0 Å². The maximum absolute atomic E-state index is 10.7. The monoisotopic (exact) mass is 343 g/mol. The Morgan fingerprint density at radius 1 is 1.29 bits per heavy atom. The first-order valence-corrected chi connectivity index (χ1v) is 5.56. The van der Waals surface area contributed by atoms with Gasteiger partial charge in [-0.25, -0.2) is 0 Å². The van der Waals surface area contributed by atoms with E-state index in [0.717, 1.165) is 18.8 Å². The second-order valence-electron chi connectivity index (χ2n) is 3.62. The van der Waals surface area contributed by atoms with Crippen LogP contribution in [0.5, 0.6) is 0 Å². The van der Waals surface area contributed by atoms with Crippen LogP contribution in [0.25, 0.3) is 0 Å². The SMILES string of the molecule is CC(C)CCCCCOC(=O)CS.[La]. The minimum Gasteiger partial charge on any atom is -0.465 e. The number of hydrogen-bond donors (Lipinski definition) is 1. The Labute approximate surface area is 121 Å². The predicted molar refractivity (Wildman–Crippen MR) is 58.1 cm³/mol. The Morgan fingerprint density at radius 2 is 1.93 bits per heavy atom. The number of carbonyl (C=O) groups excluding carboxylic acids is 1. The predicted octanol–water partition coefficient (Wildman–Crippen LogP) is 2.68. The van der Waals surface area contributed by atoms with Gasteiger partial charge in [0.25, 0.3) is 0 Å². The van der Waals surface area contributed by atoms with E-state index in [4.69, 9.17) is 4.74 Å². The Balaban J connectivity index is 0. The molecule has 0 rings (SSSR count). The third-order valence-corrected chi connectivity index (χ3v) is 2.08. The third kappa shape index (κ3) is 13.0. The molecule has 0 bridgehead atoms. The van der Waals surface area contributed by atoms with Crippen LogP contribution in [-0.2, 0) is 9.53 Å². The van der Waals surface area contributed by atoms with Gasteiger partial charge in [0.05, 0.1) is 12.4 Å². The second kappa shape index (κ2) is 12.1. The first kappa shape index (κ1) is 17.4. The fourth-order valence-electron chi connectivity index (χ4n) is 1.06. The van der Waals surface area contributed by atoms with E-state index in [1.54, 1.807) is 0 Å². The molecule has 0 aromatic heterocycles. The zero-order valence-electron chi connectivity index (χ0n) is 9.16. The van der Waals surface area contributed by atoms with Crippen molar-refractivity contribution in [1.82, 2.24) is 0 Å². The van der Waals surface area contributed by atoms with Gasteiger partial charge in [-0.1, -0.05) is 33.1 Å². The molecule has 14 heavy (non-hydrogen) atoms. The Bertz CT molecular complexity index is 140. The summed E-state index contributed by atoms with van der Waals surface area (Å²) in [4.78, 5) is 10.7. The molecular formula is C10H20LaO2S. The van der Waals surface area contributed by atoms with E-state index in [1.807, 2.05) is 0 Å². The van der Waals surface area contributed by atoms with Gasteiger partial charge in [0.1, 0.15) is 0 Å². The van der Waals surface area contributed by atoms with Gasteiger partial charge >= 0.3 is 5.97 Å². The first-order valence-electron chi connectivity index (χ1n) is 4.93. The standard InChI is InChI=1S/C10H20O2S.La/c1-9(2)6-4-3-5-7-12-10(11)8-13;/h9,13H,3-8H2,1-2H3;. The Morgan fingerprint density at radius 3 is 2.43 bits per heavy atom. The van der Waals surface area contributed by atoms with Crippen molar-refractivity contribution in [2.24, 2.45) is 5.92 Å². The van der Waals surface area contributed by atoms with Gasteiger partial charge in [0.2, 0.25) is 0 Å². The smallest absolute Gasteiger partial charge is 0.315 e. The largest absolute Gasteiger partial charge is 0.465 e. The molecule has 0 unspecified atom stereocenters. The van der Waals surface area contributed by atoms with Crippen molar-refractivity contribution in [3.8, 4) is 0 Å². The number of ether oxygens (including phenoxy) is 1. The summed E-state index contributed by atoms with van der Waals surface area (Å²) >= 11 is 3.81. The number of thiol groups is 1. The van der Waals surface area contributed by atoms with Gasteiger partial charge in [-0.3, -0.25) is 4.79 Å². The summed E-state index contributed by atoms with van der Waals surface area (Å²) in [7, 11) is 0. The van der Waals surface area contributed by atoms with Crippen LogP contribution in [0.4, 0.5) is 0 Å². The van der Waals surface area contributed by atoms with Crippen molar-refractivity contribution >= 4 is 18.6 Å². The van der Waals surface area contributed by atoms with Gasteiger partial charge < -0.3 is 4.74 Å². The molecule has 0 aliphatic rings. The van der Waals surface area contributed by atoms with Crippen molar-refractivity contribution in [3.05, 3.63) is 0 Å². The van der Waals surface area contributed by atoms with E-state index in [1.165, 1.54) is 12.8 Å². The van der Waals surface area contributed by atoms with E-state index in [2.05, 4.69) is 26.5 Å². The summed E-state index contributed by atoms with van der Waals surface area (Å²) in [5, 5.41) is 0. The molecule has 0 fully saturated rings. The van der Waals surface area contributed by atoms with Crippen LogP contribution in [0.15, 0.2) is 0 Å². The maximum Gasteiger partial charge on any atom is 0.315 e. The molecule has 0 saturated carbocycles. The van der Waals surface area contributed by atoms with Crippen molar-refractivity contribution in [3.63, 3.8) is 0 Å². The normalized spacial score (nSPS) is 9.71. The molecule has 0 atom stereocenters. The molecule has 2 nitrogen and oxygen atoms in total. The van der Waals surface area contributed by atoms with E-state index >= 15 is 0 Å². The number of hydrogen-bond acceptors (Lipinski definition) is 3. The van der Waals surface area contributed by atoms with E-state index in [9.17, 15) is 4.79 Å². The molecule has 0 aromatic carbocycles. The van der Waals surface area contributed by atoms with Gasteiger partial charge in [-0.05, 0) is 12.3 Å². The summed E-state index contributed by atoms with van der Waals surface area (Å²) in [6, 6.07) is 0. The molecule has 0 aliphatic heterocycles. The minimum atomic E-state index is -0.216. The van der Waals surface area contributed by atoms with Gasteiger partial charge in [0, 0.05) is 35.6 Å². The van der Waals surface area contributed by atoms with Crippen LogP contribution >= 0.6 is 12.6 Å². The van der Waals surface area contributed by atoms with E-state index in [0.29, 0.717) is 6.61 Å². The van der Waals surface area contributed by atoms with Gasteiger partial charge in [0.15, 0.2) is 0 Å². The van der Waals surface area contributed by atoms with Crippen LogP contribution in [0.1, 0.15) is 39.5 Å². The van der Waals surface area contributed by atoms with Crippen LogP contribution in [0.3, 0.4) is 0 Å². The minimum absolute atomic E-state index is 0. The first-order chi connectivity index (χ1) is 6.16. The Hall–Kier alpha value is 1.01. The van der Waals surface area contributed by atoms with Crippen molar-refractivity contribution < 1.29 is 45.1 Å². The van der Waals surface area contributed by atoms with Gasteiger partial charge in [-0.2, -0.15) is 12.6 Å². The summed E-state index contributed by atoms with van der Waals surface area (Å²) in [5.41, 5.74) is 0. The van der Waals surface area contributed by atoms with Crippen molar-refractivity contribution in [1.29, 1.82) is 0 Å². The average molecular weight is 343 g/mol. The molecule has 4 heteroatoms. The zero-order chi connectivity index (χ0) is 10.1. The molecule has 0 amide bonds. The fraction of sp³-hybridized carbons (Fsp3) is 0.900. The summed E-state index contributed by atoms with van der Waals surface area (Å²) in [6.07, 6.45) is 4.63. The molecule has 0 heterocycles. The molecule has 1 radical (unpaired) electrons. The number of esters is 1. The van der Waals surface area contributed by atoms with Crippen molar-refractivity contribution in [2.45, 2.75) is 39.5 Å². The molecule has 81 valence electrons. The summed E-state index contributed by atoms with van der Waals surface area (Å²) in [6.45, 7) is 5.00. The molecule has 0 N–H and O–H groups in total. The maximum atomic E-state index is 10.7. The number of rotatable bonds is 7. The third-order valence-electron chi connectivity index (χ3n) is 1.82. The summed E-state index contributed by atoms with van der Waals surface area (Å²) in [5.74, 6) is 0.749. The van der Waals surface area contributed by atoms with Crippen LogP contribution < -0.4 is 0 Å². The zero-order valence-corrected chi connectivity index (χ0v) is 13.7. The van der Waals surface area contributed by atoms with Crippen LogP contribution in [-0.4, -0.2) is 18.3 Å². The van der Waals surface area contributed by atoms with Gasteiger partial charge in [-0.15, -0.1) is 0 Å². The average Bonchev–Trinajstić information content (AvgIpc) is 2.10. The number of carbonyl (C=O) groups is 1. The second-order valence-corrected chi connectivity index (χ2v) is 3.94. The summed E-state index contributed by atoms with van der Waals surface area (Å²) < 4.78 is 4.88. The molecule has 0 saturated heterocycles. The van der Waals surface area contributed by atoms with Crippen LogP contribution in [0.2, 0.25) is 0 Å². The number of unbranched alkanes of at least 4 members (excludes halogenated alkanes) is 2. The topological polar surface area (TPSA) is 26.3 Å². The van der Waals surface area contributed by atoms with E-state index in [-0.39, 0.29) is 47.3 Å². The Kier molecular flexibility index (Phi) is 15.0. The molecule has 0 spiro atoms. The molecular weight excluding hydrogens is 323 g/mol.